The van der Waals surface area contributed by atoms with Gasteiger partial charge in [-0.2, -0.15) is 0 Å². The van der Waals surface area contributed by atoms with Gasteiger partial charge in [-0.25, -0.2) is 0 Å². The zero-order chi connectivity index (χ0) is 14.5. The summed E-state index contributed by atoms with van der Waals surface area (Å²) >= 11 is 0. The highest BCUT2D eigenvalue weighted by atomic mass is 16.5. The molecule has 0 saturated heterocycles. The van der Waals surface area contributed by atoms with Gasteiger partial charge in [-0.1, -0.05) is 31.5 Å². The summed E-state index contributed by atoms with van der Waals surface area (Å²) in [6.45, 7) is 9.60. The van der Waals surface area contributed by atoms with Gasteiger partial charge in [0.2, 0.25) is 0 Å². The van der Waals surface area contributed by atoms with Crippen LogP contribution in [0.1, 0.15) is 36.5 Å². The third-order valence-electron chi connectivity index (χ3n) is 3.14. The largest absolute Gasteiger partial charge is 0.486 e. The first-order valence-electron chi connectivity index (χ1n) is 7.05. The van der Waals surface area contributed by atoms with Crippen LogP contribution in [0.5, 0.6) is 5.75 Å². The molecule has 108 valence electrons. The first kappa shape index (κ1) is 14.7. The lowest BCUT2D eigenvalue weighted by atomic mass is 10.2. The van der Waals surface area contributed by atoms with E-state index in [2.05, 4.69) is 33.0 Å². The summed E-state index contributed by atoms with van der Waals surface area (Å²) in [7, 11) is 0. The van der Waals surface area contributed by atoms with Crippen LogP contribution in [-0.2, 0) is 13.2 Å². The third kappa shape index (κ3) is 4.14. The lowest BCUT2D eigenvalue weighted by Gasteiger charge is -2.06. The van der Waals surface area contributed by atoms with E-state index < -0.39 is 0 Å². The number of hydrogen-bond donors (Lipinski definition) is 1. The van der Waals surface area contributed by atoms with E-state index in [0.29, 0.717) is 12.6 Å². The molecule has 0 radical (unpaired) electrons. The van der Waals surface area contributed by atoms with Crippen molar-refractivity contribution in [3.05, 3.63) is 53.0 Å². The molecular weight excluding hydrogens is 250 g/mol. The molecule has 0 bridgehead atoms. The number of aryl methyl sites for hydroxylation is 2. The van der Waals surface area contributed by atoms with Crippen LogP contribution in [0.15, 0.2) is 34.7 Å². The first-order valence-corrected chi connectivity index (χ1v) is 7.05. The summed E-state index contributed by atoms with van der Waals surface area (Å²) in [6.07, 6.45) is 0. The van der Waals surface area contributed by atoms with Crippen LogP contribution in [0.4, 0.5) is 0 Å². The predicted molar refractivity (Wildman–Crippen MR) is 80.9 cm³/mol. The molecule has 2 rings (SSSR count). The molecule has 0 atom stereocenters. The Kier molecular flexibility index (Phi) is 4.85. The van der Waals surface area contributed by atoms with Crippen LogP contribution < -0.4 is 10.1 Å². The summed E-state index contributed by atoms with van der Waals surface area (Å²) in [5.74, 6) is 2.72. The Bertz CT molecular complexity index is 541. The van der Waals surface area contributed by atoms with Gasteiger partial charge >= 0.3 is 0 Å². The number of hydrogen-bond acceptors (Lipinski definition) is 3. The monoisotopic (exact) mass is 273 g/mol. The number of nitrogens with one attached hydrogen (secondary N) is 1. The predicted octanol–water partition coefficient (Wildman–Crippen LogP) is 3.97. The van der Waals surface area contributed by atoms with Crippen molar-refractivity contribution < 1.29 is 9.15 Å². The van der Waals surface area contributed by atoms with Crippen LogP contribution in [0.2, 0.25) is 0 Å². The average molecular weight is 273 g/mol. The molecule has 0 aliphatic heterocycles. The molecule has 20 heavy (non-hydrogen) atoms. The first-order chi connectivity index (χ1) is 9.54. The molecule has 1 aromatic carbocycles. The molecule has 0 aliphatic rings. The van der Waals surface area contributed by atoms with Gasteiger partial charge in [0.25, 0.3) is 0 Å². The van der Waals surface area contributed by atoms with Gasteiger partial charge in [-0.15, -0.1) is 0 Å². The maximum atomic E-state index is 5.82. The van der Waals surface area contributed by atoms with Crippen LogP contribution in [-0.4, -0.2) is 6.04 Å². The van der Waals surface area contributed by atoms with Gasteiger partial charge in [0.15, 0.2) is 0 Å². The highest BCUT2D eigenvalue weighted by Gasteiger charge is 2.08. The van der Waals surface area contributed by atoms with Crippen molar-refractivity contribution in [1.82, 2.24) is 5.32 Å². The Morgan fingerprint density at radius 3 is 2.50 bits per heavy atom. The quantitative estimate of drug-likeness (QED) is 0.864. The maximum absolute atomic E-state index is 5.82. The smallest absolute Gasteiger partial charge is 0.146 e. The molecule has 3 heteroatoms. The molecule has 0 amide bonds. The fourth-order valence-electron chi connectivity index (χ4n) is 1.92. The molecule has 1 N–H and O–H groups in total. The standard InChI is InChI=1S/C17H23NO2/c1-12(2)18-10-17-14(4)9-16(20-17)11-19-15-7-5-13(3)6-8-15/h5-9,12,18H,10-11H2,1-4H3. The highest BCUT2D eigenvalue weighted by Crippen LogP contribution is 2.18. The fourth-order valence-corrected chi connectivity index (χ4v) is 1.92. The lowest BCUT2D eigenvalue weighted by Crippen LogP contribution is -2.21. The van der Waals surface area contributed by atoms with Crippen LogP contribution in [0.3, 0.4) is 0 Å². The summed E-state index contributed by atoms with van der Waals surface area (Å²) in [4.78, 5) is 0. The van der Waals surface area contributed by atoms with E-state index in [1.54, 1.807) is 0 Å². The van der Waals surface area contributed by atoms with E-state index in [1.807, 2.05) is 30.3 Å². The molecule has 1 heterocycles. The molecular formula is C17H23NO2. The van der Waals surface area contributed by atoms with E-state index in [1.165, 1.54) is 11.1 Å². The van der Waals surface area contributed by atoms with Crippen LogP contribution >= 0.6 is 0 Å². The summed E-state index contributed by atoms with van der Waals surface area (Å²) in [5.41, 5.74) is 2.40. The van der Waals surface area contributed by atoms with Crippen molar-refractivity contribution in [2.45, 2.75) is 46.9 Å². The van der Waals surface area contributed by atoms with Gasteiger partial charge in [-0.05, 0) is 37.6 Å². The van der Waals surface area contributed by atoms with E-state index in [9.17, 15) is 0 Å². The molecule has 0 saturated carbocycles. The van der Waals surface area contributed by atoms with Gasteiger partial charge in [0, 0.05) is 6.04 Å². The number of furan rings is 1. The van der Waals surface area contributed by atoms with Crippen LogP contribution in [0, 0.1) is 13.8 Å². The van der Waals surface area contributed by atoms with E-state index in [-0.39, 0.29) is 0 Å². The number of benzene rings is 1. The zero-order valence-corrected chi connectivity index (χ0v) is 12.7. The van der Waals surface area contributed by atoms with Crippen molar-refractivity contribution in [2.75, 3.05) is 0 Å². The second kappa shape index (κ2) is 6.62. The van der Waals surface area contributed by atoms with Gasteiger partial charge in [0.1, 0.15) is 23.9 Å². The molecule has 0 unspecified atom stereocenters. The molecule has 0 aliphatic carbocycles. The van der Waals surface area contributed by atoms with Gasteiger partial charge in [-0.3, -0.25) is 0 Å². The molecule has 0 spiro atoms. The molecule has 0 fully saturated rings. The van der Waals surface area contributed by atoms with Crippen molar-refractivity contribution >= 4 is 0 Å². The minimum atomic E-state index is 0.451. The Hall–Kier alpha value is -1.74. The second-order valence-corrected chi connectivity index (χ2v) is 5.46. The summed E-state index contributed by atoms with van der Waals surface area (Å²) < 4.78 is 11.5. The Morgan fingerprint density at radius 1 is 1.15 bits per heavy atom. The minimum absolute atomic E-state index is 0.451. The minimum Gasteiger partial charge on any atom is -0.486 e. The fraction of sp³-hybridized carbons (Fsp3) is 0.412. The Morgan fingerprint density at radius 2 is 1.85 bits per heavy atom. The molecule has 3 nitrogen and oxygen atoms in total. The lowest BCUT2D eigenvalue weighted by molar-refractivity contribution is 0.264. The van der Waals surface area contributed by atoms with Gasteiger partial charge in [0.05, 0.1) is 6.54 Å². The van der Waals surface area contributed by atoms with E-state index in [0.717, 1.165) is 23.8 Å². The van der Waals surface area contributed by atoms with Crippen molar-refractivity contribution in [1.29, 1.82) is 0 Å². The van der Waals surface area contributed by atoms with E-state index in [4.69, 9.17) is 9.15 Å². The topological polar surface area (TPSA) is 34.4 Å². The number of rotatable bonds is 6. The molecule has 2 aromatic rings. The average Bonchev–Trinajstić information content (AvgIpc) is 2.76. The third-order valence-corrected chi connectivity index (χ3v) is 3.14. The highest BCUT2D eigenvalue weighted by molar-refractivity contribution is 5.27. The van der Waals surface area contributed by atoms with Crippen molar-refractivity contribution in [2.24, 2.45) is 0 Å². The maximum Gasteiger partial charge on any atom is 0.146 e. The SMILES string of the molecule is Cc1ccc(OCc2cc(C)c(CNC(C)C)o2)cc1. The van der Waals surface area contributed by atoms with Crippen molar-refractivity contribution in [3.63, 3.8) is 0 Å². The number of ether oxygens (including phenoxy) is 1. The van der Waals surface area contributed by atoms with Gasteiger partial charge < -0.3 is 14.5 Å². The van der Waals surface area contributed by atoms with Crippen LogP contribution in [0.25, 0.3) is 0 Å². The Balaban J connectivity index is 1.93. The van der Waals surface area contributed by atoms with E-state index >= 15 is 0 Å². The summed E-state index contributed by atoms with van der Waals surface area (Å²) in [5, 5.41) is 3.36. The Labute approximate surface area is 121 Å². The zero-order valence-electron chi connectivity index (χ0n) is 12.7. The van der Waals surface area contributed by atoms with Crippen molar-refractivity contribution in [3.8, 4) is 5.75 Å². The second-order valence-electron chi connectivity index (χ2n) is 5.46. The molecule has 1 aromatic heterocycles. The summed E-state index contributed by atoms with van der Waals surface area (Å²) in [6, 6.07) is 10.5. The normalized spacial score (nSPS) is 11.1.